The Labute approximate surface area is 168 Å². The first-order valence-electron chi connectivity index (χ1n) is 7.50. The van der Waals surface area contributed by atoms with Crippen LogP contribution in [0.2, 0.25) is 15.1 Å². The molecule has 0 radical (unpaired) electrons. The Morgan fingerprint density at radius 2 is 1.89 bits per heavy atom. The molecular weight excluding hydrogens is 415 g/mol. The molecule has 0 fully saturated rings. The molecule has 1 N–H and O–H groups in total. The van der Waals surface area contributed by atoms with Gasteiger partial charge >= 0.3 is 5.97 Å². The van der Waals surface area contributed by atoms with Gasteiger partial charge < -0.3 is 10.1 Å². The number of anilines is 1. The van der Waals surface area contributed by atoms with Crippen LogP contribution in [-0.4, -0.2) is 33.2 Å². The van der Waals surface area contributed by atoms with Gasteiger partial charge in [0, 0.05) is 5.02 Å². The molecule has 27 heavy (non-hydrogen) atoms. The van der Waals surface area contributed by atoms with Gasteiger partial charge in [-0.2, -0.15) is 5.10 Å². The van der Waals surface area contributed by atoms with Crippen LogP contribution in [0.1, 0.15) is 10.4 Å². The number of rotatable bonds is 5. The molecule has 0 spiro atoms. The number of ether oxygens (including phenoxy) is 1. The molecule has 0 aliphatic carbocycles. The molecular formula is C17H11Cl3N4O3. The van der Waals surface area contributed by atoms with Gasteiger partial charge in [0.1, 0.15) is 12.7 Å². The second kappa shape index (κ2) is 8.39. The molecule has 2 aromatic carbocycles. The van der Waals surface area contributed by atoms with Gasteiger partial charge in [-0.05, 0) is 36.4 Å². The fraction of sp³-hybridized carbons (Fsp3) is 0.0588. The number of esters is 1. The highest BCUT2D eigenvalue weighted by Crippen LogP contribution is 2.24. The van der Waals surface area contributed by atoms with Crippen molar-refractivity contribution >= 4 is 52.4 Å². The Bertz CT molecular complexity index is 993. The second-order valence-electron chi connectivity index (χ2n) is 5.25. The van der Waals surface area contributed by atoms with E-state index in [4.69, 9.17) is 39.5 Å². The SMILES string of the molecule is O=C(COC(=O)c1ccc(Cl)c(Cl)c1)Nc1cc(Cl)ccc1-n1cncn1. The third-order valence-electron chi connectivity index (χ3n) is 3.39. The van der Waals surface area contributed by atoms with E-state index in [1.54, 1.807) is 18.2 Å². The third kappa shape index (κ3) is 4.77. The van der Waals surface area contributed by atoms with Crippen LogP contribution < -0.4 is 5.32 Å². The van der Waals surface area contributed by atoms with Crippen molar-refractivity contribution in [3.63, 3.8) is 0 Å². The van der Waals surface area contributed by atoms with E-state index in [1.807, 2.05) is 0 Å². The van der Waals surface area contributed by atoms with Crippen molar-refractivity contribution in [1.29, 1.82) is 0 Å². The molecule has 1 aromatic heterocycles. The van der Waals surface area contributed by atoms with Crippen LogP contribution in [0, 0.1) is 0 Å². The van der Waals surface area contributed by atoms with E-state index in [1.165, 1.54) is 35.5 Å². The zero-order valence-electron chi connectivity index (χ0n) is 13.5. The largest absolute Gasteiger partial charge is 0.452 e. The number of aromatic nitrogens is 3. The molecule has 7 nitrogen and oxygen atoms in total. The molecule has 1 heterocycles. The molecule has 0 atom stereocenters. The molecule has 0 aliphatic heterocycles. The van der Waals surface area contributed by atoms with Crippen LogP contribution in [0.15, 0.2) is 49.1 Å². The molecule has 0 aliphatic rings. The minimum absolute atomic E-state index is 0.184. The number of nitrogens with zero attached hydrogens (tertiary/aromatic N) is 3. The smallest absolute Gasteiger partial charge is 0.338 e. The Morgan fingerprint density at radius 3 is 2.59 bits per heavy atom. The quantitative estimate of drug-likeness (QED) is 0.624. The molecule has 3 rings (SSSR count). The van der Waals surface area contributed by atoms with Gasteiger partial charge in [0.2, 0.25) is 0 Å². The topological polar surface area (TPSA) is 86.1 Å². The number of amides is 1. The van der Waals surface area contributed by atoms with E-state index in [9.17, 15) is 9.59 Å². The monoisotopic (exact) mass is 424 g/mol. The maximum atomic E-state index is 12.2. The fourth-order valence-corrected chi connectivity index (χ4v) is 2.63. The van der Waals surface area contributed by atoms with Crippen LogP contribution in [0.4, 0.5) is 5.69 Å². The summed E-state index contributed by atoms with van der Waals surface area (Å²) in [6.45, 7) is -0.498. The summed E-state index contributed by atoms with van der Waals surface area (Å²) in [5.74, 6) is -1.25. The number of hydrogen-bond donors (Lipinski definition) is 1. The average Bonchev–Trinajstić information content (AvgIpc) is 3.16. The Balaban J connectivity index is 1.67. The summed E-state index contributed by atoms with van der Waals surface area (Å²) in [5, 5.41) is 7.59. The summed E-state index contributed by atoms with van der Waals surface area (Å²) in [4.78, 5) is 28.1. The van der Waals surface area contributed by atoms with Gasteiger partial charge in [-0.15, -0.1) is 0 Å². The molecule has 3 aromatic rings. The number of hydrogen-bond acceptors (Lipinski definition) is 5. The van der Waals surface area contributed by atoms with Crippen molar-refractivity contribution < 1.29 is 14.3 Å². The molecule has 0 bridgehead atoms. The van der Waals surface area contributed by atoms with E-state index in [-0.39, 0.29) is 10.6 Å². The van der Waals surface area contributed by atoms with Crippen LogP contribution >= 0.6 is 34.8 Å². The van der Waals surface area contributed by atoms with Crippen LogP contribution in [0.5, 0.6) is 0 Å². The van der Waals surface area contributed by atoms with Crippen molar-refractivity contribution in [2.75, 3.05) is 11.9 Å². The van der Waals surface area contributed by atoms with Crippen LogP contribution in [0.25, 0.3) is 5.69 Å². The van der Waals surface area contributed by atoms with Crippen molar-refractivity contribution in [3.05, 3.63) is 69.7 Å². The highest BCUT2D eigenvalue weighted by atomic mass is 35.5. The van der Waals surface area contributed by atoms with Crippen molar-refractivity contribution in [1.82, 2.24) is 14.8 Å². The molecule has 0 saturated heterocycles. The first-order chi connectivity index (χ1) is 12.9. The van der Waals surface area contributed by atoms with Gasteiger partial charge in [-0.3, -0.25) is 4.79 Å². The highest BCUT2D eigenvalue weighted by Gasteiger charge is 2.14. The Kier molecular flexibility index (Phi) is 5.95. The number of nitrogens with one attached hydrogen (secondary N) is 1. The zero-order valence-corrected chi connectivity index (χ0v) is 15.8. The van der Waals surface area contributed by atoms with Gasteiger partial charge in [-0.1, -0.05) is 34.8 Å². The minimum Gasteiger partial charge on any atom is -0.452 e. The van der Waals surface area contributed by atoms with E-state index in [0.29, 0.717) is 21.4 Å². The number of halogens is 3. The summed E-state index contributed by atoms with van der Waals surface area (Å²) in [6, 6.07) is 9.17. The predicted octanol–water partition coefficient (Wildman–Crippen LogP) is 4.02. The van der Waals surface area contributed by atoms with Gasteiger partial charge in [0.25, 0.3) is 5.91 Å². The molecule has 0 unspecified atom stereocenters. The van der Waals surface area contributed by atoms with Crippen molar-refractivity contribution in [3.8, 4) is 5.69 Å². The lowest BCUT2D eigenvalue weighted by atomic mass is 10.2. The third-order valence-corrected chi connectivity index (χ3v) is 4.36. The van der Waals surface area contributed by atoms with Crippen molar-refractivity contribution in [2.24, 2.45) is 0 Å². The normalized spacial score (nSPS) is 10.5. The lowest BCUT2D eigenvalue weighted by Crippen LogP contribution is -2.21. The molecule has 138 valence electrons. The summed E-state index contributed by atoms with van der Waals surface area (Å²) in [7, 11) is 0. The molecule has 0 saturated carbocycles. The Morgan fingerprint density at radius 1 is 1.07 bits per heavy atom. The lowest BCUT2D eigenvalue weighted by Gasteiger charge is -2.11. The molecule has 1 amide bonds. The van der Waals surface area contributed by atoms with Gasteiger partial charge in [-0.25, -0.2) is 14.5 Å². The molecule has 10 heteroatoms. The first-order valence-corrected chi connectivity index (χ1v) is 8.64. The Hall–Kier alpha value is -2.61. The van der Waals surface area contributed by atoms with E-state index in [2.05, 4.69) is 15.4 Å². The summed E-state index contributed by atoms with van der Waals surface area (Å²) < 4.78 is 6.46. The van der Waals surface area contributed by atoms with E-state index < -0.39 is 18.5 Å². The fourth-order valence-electron chi connectivity index (χ4n) is 2.16. The number of carbonyl (C=O) groups excluding carboxylic acids is 2. The average molecular weight is 426 g/mol. The van der Waals surface area contributed by atoms with Gasteiger partial charge in [0.15, 0.2) is 6.61 Å². The maximum absolute atomic E-state index is 12.2. The summed E-state index contributed by atoms with van der Waals surface area (Å²) in [6.07, 6.45) is 2.84. The van der Waals surface area contributed by atoms with Crippen molar-refractivity contribution in [2.45, 2.75) is 0 Å². The van der Waals surface area contributed by atoms with E-state index in [0.717, 1.165) is 0 Å². The predicted molar refractivity (Wildman–Crippen MR) is 102 cm³/mol. The summed E-state index contributed by atoms with van der Waals surface area (Å²) in [5.41, 5.74) is 1.13. The second-order valence-corrected chi connectivity index (χ2v) is 6.51. The van der Waals surface area contributed by atoms with Gasteiger partial charge in [0.05, 0.1) is 27.0 Å². The lowest BCUT2D eigenvalue weighted by molar-refractivity contribution is -0.119. The standard InChI is InChI=1S/C17H11Cl3N4O3/c18-11-2-4-15(24-9-21-8-22-24)14(6-11)23-16(25)7-27-17(26)10-1-3-12(19)13(20)5-10/h1-6,8-9H,7H2,(H,23,25). The first kappa shape index (κ1) is 19.2. The highest BCUT2D eigenvalue weighted by molar-refractivity contribution is 6.42. The minimum atomic E-state index is -0.702. The number of carbonyl (C=O) groups is 2. The summed E-state index contributed by atoms with van der Waals surface area (Å²) >= 11 is 17.7. The van der Waals surface area contributed by atoms with E-state index >= 15 is 0 Å². The number of benzene rings is 2. The maximum Gasteiger partial charge on any atom is 0.338 e. The van der Waals surface area contributed by atoms with Crippen LogP contribution in [0.3, 0.4) is 0 Å². The zero-order chi connectivity index (χ0) is 19.4. The van der Waals surface area contributed by atoms with Crippen LogP contribution in [-0.2, 0) is 9.53 Å².